The number of halogens is 1. The molecule has 0 spiro atoms. The van der Waals surface area contributed by atoms with Crippen molar-refractivity contribution in [1.82, 2.24) is 4.31 Å². The average molecular weight is 350 g/mol. The van der Waals surface area contributed by atoms with E-state index in [1.807, 2.05) is 0 Å². The van der Waals surface area contributed by atoms with Gasteiger partial charge >= 0.3 is 0 Å². The second kappa shape index (κ2) is 7.36. The molecule has 0 unspecified atom stereocenters. The van der Waals surface area contributed by atoms with E-state index < -0.39 is 14.9 Å². The van der Waals surface area contributed by atoms with Crippen LogP contribution in [0, 0.1) is 23.0 Å². The zero-order chi connectivity index (χ0) is 15.6. The number of piperidine rings is 1. The highest BCUT2D eigenvalue weighted by Gasteiger charge is 2.31. The van der Waals surface area contributed by atoms with Crippen LogP contribution in [0.4, 0.5) is 5.69 Å². The first kappa shape index (κ1) is 18.8. The van der Waals surface area contributed by atoms with Crippen molar-refractivity contribution in [2.75, 3.05) is 19.6 Å². The molecule has 1 fully saturated rings. The van der Waals surface area contributed by atoms with Crippen molar-refractivity contribution in [1.29, 1.82) is 0 Å². The van der Waals surface area contributed by atoms with Crippen molar-refractivity contribution >= 4 is 28.1 Å². The van der Waals surface area contributed by atoms with Gasteiger partial charge in [-0.2, -0.15) is 4.31 Å². The number of sulfonamides is 1. The van der Waals surface area contributed by atoms with E-state index in [-0.39, 0.29) is 28.6 Å². The van der Waals surface area contributed by atoms with Gasteiger partial charge in [-0.3, -0.25) is 10.1 Å². The maximum absolute atomic E-state index is 12.6. The van der Waals surface area contributed by atoms with Crippen LogP contribution in [0.1, 0.15) is 18.4 Å². The molecule has 1 aromatic carbocycles. The number of nitro groups is 1. The molecule has 0 radical (unpaired) electrons. The Bertz CT molecular complexity index is 643. The molecule has 2 N–H and O–H groups in total. The molecule has 1 saturated heterocycles. The number of rotatable bonds is 4. The summed E-state index contributed by atoms with van der Waals surface area (Å²) in [6, 6.07) is 4.15. The minimum absolute atomic E-state index is 0. The van der Waals surface area contributed by atoms with Crippen LogP contribution in [0.2, 0.25) is 0 Å². The summed E-state index contributed by atoms with van der Waals surface area (Å²) in [6.07, 6.45) is 1.45. The third-order valence-electron chi connectivity index (χ3n) is 3.98. The molecule has 0 aromatic heterocycles. The summed E-state index contributed by atoms with van der Waals surface area (Å²) in [6.45, 7) is 2.85. The molecule has 1 heterocycles. The van der Waals surface area contributed by atoms with Crippen molar-refractivity contribution in [3.8, 4) is 0 Å². The highest BCUT2D eigenvalue weighted by atomic mass is 35.5. The first-order valence-corrected chi connectivity index (χ1v) is 8.26. The van der Waals surface area contributed by atoms with E-state index >= 15 is 0 Å². The first-order chi connectivity index (χ1) is 9.87. The monoisotopic (exact) mass is 349 g/mol. The van der Waals surface area contributed by atoms with Crippen molar-refractivity contribution in [3.63, 3.8) is 0 Å². The Hall–Kier alpha value is -1.22. The zero-order valence-electron chi connectivity index (χ0n) is 12.3. The standard InChI is InChI=1S/C13H19N3O4S.ClH/c1-10-12(16(17)18)3-2-4-13(10)21(19,20)15-7-5-11(9-14)6-8-15;/h2-4,11H,5-9,14H2,1H3;1H. The Labute approximate surface area is 136 Å². The molecular weight excluding hydrogens is 330 g/mol. The number of hydrogen-bond donors (Lipinski definition) is 1. The molecule has 0 aliphatic carbocycles. The number of nitro benzene ring substituents is 1. The van der Waals surface area contributed by atoms with Gasteiger partial charge < -0.3 is 5.73 Å². The lowest BCUT2D eigenvalue weighted by atomic mass is 9.99. The molecule has 0 saturated carbocycles. The topological polar surface area (TPSA) is 107 Å². The first-order valence-electron chi connectivity index (χ1n) is 6.82. The van der Waals surface area contributed by atoms with E-state index in [4.69, 9.17) is 5.73 Å². The Kier molecular flexibility index (Phi) is 6.30. The Morgan fingerprint density at radius 2 is 1.95 bits per heavy atom. The van der Waals surface area contributed by atoms with E-state index in [1.54, 1.807) is 0 Å². The van der Waals surface area contributed by atoms with Crippen LogP contribution in [-0.2, 0) is 10.0 Å². The van der Waals surface area contributed by atoms with Crippen LogP contribution in [0.5, 0.6) is 0 Å². The van der Waals surface area contributed by atoms with Crippen molar-refractivity contribution in [3.05, 3.63) is 33.9 Å². The van der Waals surface area contributed by atoms with Crippen LogP contribution >= 0.6 is 12.4 Å². The van der Waals surface area contributed by atoms with Crippen LogP contribution in [-0.4, -0.2) is 37.3 Å². The van der Waals surface area contributed by atoms with Gasteiger partial charge in [-0.15, -0.1) is 12.4 Å². The van der Waals surface area contributed by atoms with E-state index in [2.05, 4.69) is 0 Å². The van der Waals surface area contributed by atoms with Gasteiger partial charge in [0.2, 0.25) is 10.0 Å². The average Bonchev–Trinajstić information content (AvgIpc) is 2.47. The zero-order valence-corrected chi connectivity index (χ0v) is 13.9. The number of nitrogens with two attached hydrogens (primary N) is 1. The lowest BCUT2D eigenvalue weighted by molar-refractivity contribution is -0.385. The molecule has 1 aromatic rings. The Morgan fingerprint density at radius 1 is 1.36 bits per heavy atom. The van der Waals surface area contributed by atoms with Gasteiger partial charge in [0.15, 0.2) is 0 Å². The Morgan fingerprint density at radius 3 is 2.45 bits per heavy atom. The predicted molar refractivity (Wildman–Crippen MR) is 85.6 cm³/mol. The van der Waals surface area contributed by atoms with Crippen molar-refractivity contribution in [2.45, 2.75) is 24.7 Å². The van der Waals surface area contributed by atoms with E-state index in [0.717, 1.165) is 12.8 Å². The fourth-order valence-electron chi connectivity index (χ4n) is 2.60. The molecule has 7 nitrogen and oxygen atoms in total. The second-order valence-corrected chi connectivity index (χ2v) is 7.15. The summed E-state index contributed by atoms with van der Waals surface area (Å²) in [5.41, 5.74) is 5.61. The number of nitrogens with zero attached hydrogens (tertiary/aromatic N) is 2. The largest absolute Gasteiger partial charge is 0.330 e. The maximum atomic E-state index is 12.6. The van der Waals surface area contributed by atoms with Gasteiger partial charge in [-0.05, 0) is 38.3 Å². The summed E-state index contributed by atoms with van der Waals surface area (Å²) in [7, 11) is -3.69. The van der Waals surface area contributed by atoms with E-state index in [0.29, 0.717) is 25.6 Å². The quantitative estimate of drug-likeness (QED) is 0.657. The lowest BCUT2D eigenvalue weighted by Crippen LogP contribution is -2.40. The van der Waals surface area contributed by atoms with Gasteiger partial charge in [0.1, 0.15) is 0 Å². The van der Waals surface area contributed by atoms with Crippen molar-refractivity contribution in [2.24, 2.45) is 11.7 Å². The van der Waals surface area contributed by atoms with Gasteiger partial charge in [0.25, 0.3) is 5.69 Å². The molecule has 0 bridgehead atoms. The molecule has 1 aliphatic heterocycles. The minimum atomic E-state index is -3.69. The fraction of sp³-hybridized carbons (Fsp3) is 0.538. The smallest absolute Gasteiger partial charge is 0.273 e. The maximum Gasteiger partial charge on any atom is 0.273 e. The van der Waals surface area contributed by atoms with Gasteiger partial charge in [-0.1, -0.05) is 6.07 Å². The minimum Gasteiger partial charge on any atom is -0.330 e. The van der Waals surface area contributed by atoms with Crippen LogP contribution < -0.4 is 5.73 Å². The molecular formula is C13H20ClN3O4S. The fourth-order valence-corrected chi connectivity index (χ4v) is 4.32. The van der Waals surface area contributed by atoms with Crippen LogP contribution in [0.15, 0.2) is 23.1 Å². The summed E-state index contributed by atoms with van der Waals surface area (Å²) in [4.78, 5) is 10.4. The summed E-state index contributed by atoms with van der Waals surface area (Å²) in [5.74, 6) is 0.350. The van der Waals surface area contributed by atoms with E-state index in [1.165, 1.54) is 29.4 Å². The lowest BCUT2D eigenvalue weighted by Gasteiger charge is -2.30. The molecule has 0 amide bonds. The summed E-state index contributed by atoms with van der Waals surface area (Å²) >= 11 is 0. The molecule has 1 aliphatic rings. The normalized spacial score (nSPS) is 17.0. The highest BCUT2D eigenvalue weighted by molar-refractivity contribution is 7.89. The second-order valence-electron chi connectivity index (χ2n) is 5.24. The van der Waals surface area contributed by atoms with Crippen LogP contribution in [0.3, 0.4) is 0 Å². The summed E-state index contributed by atoms with van der Waals surface area (Å²) < 4.78 is 26.7. The molecule has 9 heteroatoms. The van der Waals surface area contributed by atoms with Crippen LogP contribution in [0.25, 0.3) is 0 Å². The Balaban J connectivity index is 0.00000242. The van der Waals surface area contributed by atoms with Gasteiger partial charge in [0, 0.05) is 24.7 Å². The molecule has 124 valence electrons. The third kappa shape index (κ3) is 3.57. The number of benzene rings is 1. The molecule has 22 heavy (non-hydrogen) atoms. The SMILES string of the molecule is Cc1c([N+](=O)[O-])cccc1S(=O)(=O)N1CCC(CN)CC1.Cl. The van der Waals surface area contributed by atoms with E-state index in [9.17, 15) is 18.5 Å². The predicted octanol–water partition coefficient (Wildman–Crippen LogP) is 1.68. The van der Waals surface area contributed by atoms with Gasteiger partial charge in [0.05, 0.1) is 9.82 Å². The molecule has 2 rings (SSSR count). The van der Waals surface area contributed by atoms with Crippen molar-refractivity contribution < 1.29 is 13.3 Å². The summed E-state index contributed by atoms with van der Waals surface area (Å²) in [5, 5.41) is 10.9. The van der Waals surface area contributed by atoms with Gasteiger partial charge in [-0.25, -0.2) is 8.42 Å². The molecule has 0 atom stereocenters. The number of hydrogen-bond acceptors (Lipinski definition) is 5. The third-order valence-corrected chi connectivity index (χ3v) is 6.02. The highest BCUT2D eigenvalue weighted by Crippen LogP contribution is 2.29.